The van der Waals surface area contributed by atoms with Crippen molar-refractivity contribution in [2.24, 2.45) is 23.0 Å². The zero-order chi connectivity index (χ0) is 42.8. The molecule has 0 unspecified atom stereocenters. The third kappa shape index (κ3) is 8.20. The van der Waals surface area contributed by atoms with Gasteiger partial charge in [-0.05, 0) is 58.4 Å². The fourth-order valence-electron chi connectivity index (χ4n) is 9.10. The summed E-state index contributed by atoms with van der Waals surface area (Å²) in [5.74, 6) is 1.21. The molecule has 3 amide bonds. The van der Waals surface area contributed by atoms with E-state index in [4.69, 9.17) is 25.2 Å². The molecule has 13 nitrogen and oxygen atoms in total. The Morgan fingerprint density at radius 1 is 0.867 bits per heavy atom. The lowest BCUT2D eigenvalue weighted by Gasteiger charge is -2.47. The average Bonchev–Trinajstić information content (AvgIpc) is 4.09. The number of carbonyl (C=O) groups excluding carboxylic acids is 3. The Morgan fingerprint density at radius 2 is 1.47 bits per heavy atom. The third-order valence-corrected chi connectivity index (χ3v) is 12.4. The van der Waals surface area contributed by atoms with Crippen LogP contribution >= 0.6 is 0 Å². The molecule has 2 aliphatic heterocycles. The number of benzene rings is 3. The van der Waals surface area contributed by atoms with Crippen molar-refractivity contribution in [2.45, 2.75) is 77.5 Å². The van der Waals surface area contributed by atoms with Crippen LogP contribution in [0.5, 0.6) is 0 Å². The minimum atomic E-state index is -0.802. The van der Waals surface area contributed by atoms with Gasteiger partial charge >= 0.3 is 6.09 Å². The quantitative estimate of drug-likeness (QED) is 0.0997. The fraction of sp³-hybridized carbons (Fsp3) is 0.426. The van der Waals surface area contributed by atoms with Gasteiger partial charge < -0.3 is 40.3 Å². The van der Waals surface area contributed by atoms with Crippen molar-refractivity contribution < 1.29 is 23.9 Å². The van der Waals surface area contributed by atoms with Crippen molar-refractivity contribution >= 4 is 17.9 Å². The standard InChI is InChI=1S/C47H58N8O5/c1-29(2)40(53-45(58)60-7)43(57)54-23-11-14-38(54)41-49-25-36(51-41)33-19-15-31(16-20-33)32-17-21-34(22-18-32)37-26-50-44(52-37)47(46(3,4)5)24-30(28-59-6)27-55(47)42(56)39(48)35-12-9-8-10-13-35/h8-10,12-13,15-22,25-26,29-30,38-40H,11,14,23-24,27-28,48H2,1-7H3,(H,49,51)(H,50,52)(H,53,58)/t30-,38-,39+,40-,47+/m0/s1. The van der Waals surface area contributed by atoms with E-state index in [0.717, 1.165) is 63.7 Å². The number of carbonyl (C=O) groups is 3. The SMILES string of the molecule is COC[C@@H]1CN(C(=O)[C@H](N)c2ccccc2)[C@](c2ncc(-c3ccc(-c4ccc(-c5cnc([C@@H]6CCCN6C(=O)[C@@H](NC(=O)OC)C(C)C)[nH]5)cc4)cc3)[nH]2)(C(C)(C)C)C1. The summed E-state index contributed by atoms with van der Waals surface area (Å²) in [5, 5.41) is 2.70. The molecule has 2 aliphatic rings. The summed E-state index contributed by atoms with van der Waals surface area (Å²) < 4.78 is 10.4. The monoisotopic (exact) mass is 814 g/mol. The van der Waals surface area contributed by atoms with E-state index in [-0.39, 0.29) is 35.1 Å². The molecule has 316 valence electrons. The van der Waals surface area contributed by atoms with Gasteiger partial charge in [-0.25, -0.2) is 14.8 Å². The first-order valence-corrected chi connectivity index (χ1v) is 20.8. The molecule has 0 saturated carbocycles. The van der Waals surface area contributed by atoms with Crippen LogP contribution in [0.4, 0.5) is 4.79 Å². The van der Waals surface area contributed by atoms with Gasteiger partial charge in [-0.3, -0.25) is 9.59 Å². The van der Waals surface area contributed by atoms with Gasteiger partial charge in [-0.15, -0.1) is 0 Å². The van der Waals surface area contributed by atoms with Crippen LogP contribution in [-0.2, 0) is 24.6 Å². The predicted molar refractivity (Wildman–Crippen MR) is 231 cm³/mol. The van der Waals surface area contributed by atoms with Crippen molar-refractivity contribution in [3.63, 3.8) is 0 Å². The Labute approximate surface area is 352 Å². The smallest absolute Gasteiger partial charge is 0.407 e. The second-order valence-corrected chi connectivity index (χ2v) is 17.5. The molecule has 0 spiro atoms. The summed E-state index contributed by atoms with van der Waals surface area (Å²) in [4.78, 5) is 60.5. The van der Waals surface area contributed by atoms with Crippen LogP contribution in [0.15, 0.2) is 91.3 Å². The van der Waals surface area contributed by atoms with E-state index < -0.39 is 23.7 Å². The summed E-state index contributed by atoms with van der Waals surface area (Å²) in [7, 11) is 2.99. The second kappa shape index (κ2) is 17.4. The number of ether oxygens (including phenoxy) is 2. The summed E-state index contributed by atoms with van der Waals surface area (Å²) in [5.41, 5.74) is 12.1. The van der Waals surface area contributed by atoms with Crippen molar-refractivity contribution in [1.29, 1.82) is 0 Å². The average molecular weight is 815 g/mol. The summed E-state index contributed by atoms with van der Waals surface area (Å²) >= 11 is 0. The molecule has 2 saturated heterocycles. The Kier molecular flexibility index (Phi) is 12.3. The molecule has 0 radical (unpaired) electrons. The molecule has 7 rings (SSSR count). The van der Waals surface area contributed by atoms with Crippen molar-refractivity contribution in [3.05, 3.63) is 108 Å². The van der Waals surface area contributed by atoms with Gasteiger partial charge in [0.15, 0.2) is 0 Å². The Morgan fingerprint density at radius 3 is 2.05 bits per heavy atom. The fourth-order valence-corrected chi connectivity index (χ4v) is 9.10. The molecular weight excluding hydrogens is 757 g/mol. The highest BCUT2D eigenvalue weighted by atomic mass is 16.5. The lowest BCUT2D eigenvalue weighted by Crippen LogP contribution is -2.55. The largest absolute Gasteiger partial charge is 0.453 e. The molecule has 0 aliphatic carbocycles. The highest BCUT2D eigenvalue weighted by Gasteiger charge is 2.58. The number of nitrogens with one attached hydrogen (secondary N) is 3. The zero-order valence-electron chi connectivity index (χ0n) is 35.7. The van der Waals surface area contributed by atoms with E-state index in [2.05, 4.69) is 84.6 Å². The lowest BCUT2D eigenvalue weighted by atomic mass is 9.70. The number of nitrogens with zero attached hydrogens (tertiary/aromatic N) is 4. The Bertz CT molecular complexity index is 2260. The lowest BCUT2D eigenvalue weighted by molar-refractivity contribution is -0.142. The topological polar surface area (TPSA) is 172 Å². The van der Waals surface area contributed by atoms with E-state index in [1.807, 2.05) is 66.4 Å². The van der Waals surface area contributed by atoms with Gasteiger partial charge in [0, 0.05) is 26.1 Å². The molecule has 4 heterocycles. The molecular formula is C47H58N8O5. The molecule has 3 aromatic carbocycles. The first kappa shape index (κ1) is 42.3. The minimum Gasteiger partial charge on any atom is -0.453 e. The van der Waals surface area contributed by atoms with Crippen LogP contribution in [0.3, 0.4) is 0 Å². The van der Waals surface area contributed by atoms with Gasteiger partial charge in [0.2, 0.25) is 11.8 Å². The van der Waals surface area contributed by atoms with Crippen LogP contribution in [0.25, 0.3) is 33.6 Å². The highest BCUT2D eigenvalue weighted by molar-refractivity contribution is 5.86. The van der Waals surface area contributed by atoms with Crippen molar-refractivity contribution in [3.8, 4) is 33.6 Å². The number of H-pyrrole nitrogens is 2. The van der Waals surface area contributed by atoms with E-state index in [1.54, 1.807) is 7.11 Å². The maximum atomic E-state index is 14.3. The third-order valence-electron chi connectivity index (χ3n) is 12.4. The number of aromatic nitrogens is 4. The van der Waals surface area contributed by atoms with Gasteiger partial charge in [0.25, 0.3) is 0 Å². The Hall–Kier alpha value is -5.79. The highest BCUT2D eigenvalue weighted by Crippen LogP contribution is 2.53. The van der Waals surface area contributed by atoms with Gasteiger partial charge in [-0.2, -0.15) is 0 Å². The Balaban J connectivity index is 1.08. The number of amides is 3. The van der Waals surface area contributed by atoms with Crippen LogP contribution < -0.4 is 11.1 Å². The molecule has 60 heavy (non-hydrogen) atoms. The van der Waals surface area contributed by atoms with Crippen LogP contribution in [0.2, 0.25) is 0 Å². The predicted octanol–water partition coefficient (Wildman–Crippen LogP) is 7.61. The van der Waals surface area contributed by atoms with Crippen LogP contribution in [-0.4, -0.2) is 87.6 Å². The van der Waals surface area contributed by atoms with Crippen LogP contribution in [0, 0.1) is 17.3 Å². The number of aromatic amines is 2. The molecule has 2 aromatic heterocycles. The molecule has 5 atom stereocenters. The number of imidazole rings is 2. The molecule has 2 fully saturated rings. The molecule has 0 bridgehead atoms. The zero-order valence-corrected chi connectivity index (χ0v) is 35.7. The van der Waals surface area contributed by atoms with E-state index >= 15 is 0 Å². The maximum Gasteiger partial charge on any atom is 0.407 e. The molecule has 5 aromatic rings. The van der Waals surface area contributed by atoms with E-state index in [9.17, 15) is 14.4 Å². The van der Waals surface area contributed by atoms with Gasteiger partial charge in [0.1, 0.15) is 29.3 Å². The normalized spacial score (nSPS) is 20.4. The number of alkyl carbamates (subject to hydrolysis) is 1. The molecule has 5 N–H and O–H groups in total. The van der Waals surface area contributed by atoms with E-state index in [0.29, 0.717) is 26.1 Å². The number of methoxy groups -OCH3 is 2. The minimum absolute atomic E-state index is 0.106. The summed E-state index contributed by atoms with van der Waals surface area (Å²) in [6.07, 6.45) is 5.36. The first-order chi connectivity index (χ1) is 28.7. The maximum absolute atomic E-state index is 14.3. The summed E-state index contributed by atoms with van der Waals surface area (Å²) in [6.45, 7) is 11.9. The number of hydrogen-bond acceptors (Lipinski definition) is 8. The van der Waals surface area contributed by atoms with Gasteiger partial charge in [-0.1, -0.05) is 113 Å². The van der Waals surface area contributed by atoms with E-state index in [1.165, 1.54) is 7.11 Å². The second-order valence-electron chi connectivity index (χ2n) is 17.5. The van der Waals surface area contributed by atoms with Gasteiger partial charge in [0.05, 0.1) is 43.5 Å². The van der Waals surface area contributed by atoms with Crippen molar-refractivity contribution in [2.75, 3.05) is 33.9 Å². The first-order valence-electron chi connectivity index (χ1n) is 20.8. The number of likely N-dealkylation sites (tertiary alicyclic amines) is 2. The molecule has 13 heteroatoms. The van der Waals surface area contributed by atoms with Crippen molar-refractivity contribution in [1.82, 2.24) is 35.1 Å². The number of hydrogen-bond donors (Lipinski definition) is 4. The number of rotatable bonds is 12. The number of nitrogens with two attached hydrogens (primary N) is 1. The summed E-state index contributed by atoms with van der Waals surface area (Å²) in [6, 6.07) is 24.5. The van der Waals surface area contributed by atoms with Crippen LogP contribution in [0.1, 0.15) is 83.2 Å².